The lowest BCUT2D eigenvalue weighted by Gasteiger charge is -2.08. The van der Waals surface area contributed by atoms with Crippen molar-refractivity contribution in [2.75, 3.05) is 6.26 Å². The molecule has 4 nitrogen and oxygen atoms in total. The minimum Gasteiger partial charge on any atom is -0.488 e. The molecule has 1 aromatic rings. The van der Waals surface area contributed by atoms with Gasteiger partial charge in [0.25, 0.3) is 0 Å². The third kappa shape index (κ3) is 2.41. The maximum absolute atomic E-state index is 10.7. The van der Waals surface area contributed by atoms with Crippen LogP contribution in [0.2, 0.25) is 0 Å². The molecule has 0 radical (unpaired) electrons. The molecule has 2 rings (SSSR count). The van der Waals surface area contributed by atoms with Crippen LogP contribution in [-0.2, 0) is 0 Å². The van der Waals surface area contributed by atoms with E-state index in [1.54, 1.807) is 6.07 Å². The van der Waals surface area contributed by atoms with Gasteiger partial charge < -0.3 is 9.84 Å². The predicted octanol–water partition coefficient (Wildman–Crippen LogP) is 2.04. The molecular weight excluding hydrogens is 214 g/mol. The van der Waals surface area contributed by atoms with Crippen LogP contribution in [0.3, 0.4) is 0 Å². The van der Waals surface area contributed by atoms with Crippen molar-refractivity contribution in [3.05, 3.63) is 17.8 Å². The van der Waals surface area contributed by atoms with E-state index in [4.69, 9.17) is 9.84 Å². The lowest BCUT2D eigenvalue weighted by atomic mass is 10.3. The Bertz CT molecular complexity index is 390. The fraction of sp³-hybridized carbons (Fsp3) is 0.400. The van der Waals surface area contributed by atoms with Gasteiger partial charge in [0.1, 0.15) is 10.7 Å². The number of ether oxygens (including phenoxy) is 1. The number of pyridine rings is 1. The fourth-order valence-electron chi connectivity index (χ4n) is 1.15. The Hall–Kier alpha value is -1.23. The quantitative estimate of drug-likeness (QED) is 0.794. The van der Waals surface area contributed by atoms with Crippen molar-refractivity contribution >= 4 is 17.7 Å². The van der Waals surface area contributed by atoms with Crippen LogP contribution in [0, 0.1) is 0 Å². The molecule has 1 saturated carbocycles. The molecule has 0 spiro atoms. The maximum Gasteiger partial charge on any atom is 0.354 e. The molecule has 1 aromatic heterocycles. The number of carboxylic acids is 1. The summed E-state index contributed by atoms with van der Waals surface area (Å²) in [5.41, 5.74) is 0.0579. The standard InChI is InChI=1S/C10H11NO3S/c1-15-9-8(14-6-2-3-6)5-4-7(11-9)10(12)13/h4-6H,2-3H2,1H3,(H,12,13). The smallest absolute Gasteiger partial charge is 0.354 e. The highest BCUT2D eigenvalue weighted by Gasteiger charge is 2.25. The van der Waals surface area contributed by atoms with Crippen LogP contribution in [0.25, 0.3) is 0 Å². The molecule has 0 saturated heterocycles. The Morgan fingerprint density at radius 2 is 2.33 bits per heavy atom. The summed E-state index contributed by atoms with van der Waals surface area (Å²) in [4.78, 5) is 14.7. The zero-order chi connectivity index (χ0) is 10.8. The molecule has 1 aliphatic carbocycles. The normalized spacial score (nSPS) is 15.0. The van der Waals surface area contributed by atoms with Gasteiger partial charge in [0.15, 0.2) is 5.75 Å². The number of nitrogens with zero attached hydrogens (tertiary/aromatic N) is 1. The van der Waals surface area contributed by atoms with E-state index in [-0.39, 0.29) is 5.69 Å². The van der Waals surface area contributed by atoms with Gasteiger partial charge in [-0.05, 0) is 31.2 Å². The summed E-state index contributed by atoms with van der Waals surface area (Å²) >= 11 is 1.40. The summed E-state index contributed by atoms with van der Waals surface area (Å²) < 4.78 is 5.61. The van der Waals surface area contributed by atoms with E-state index in [0.717, 1.165) is 12.8 Å². The summed E-state index contributed by atoms with van der Waals surface area (Å²) in [6.45, 7) is 0. The Morgan fingerprint density at radius 1 is 1.60 bits per heavy atom. The van der Waals surface area contributed by atoms with Crippen LogP contribution < -0.4 is 4.74 Å². The summed E-state index contributed by atoms with van der Waals surface area (Å²) in [5.74, 6) is -0.321. The first-order valence-electron chi connectivity index (χ1n) is 4.65. The third-order valence-corrected chi connectivity index (χ3v) is 2.74. The predicted molar refractivity (Wildman–Crippen MR) is 56.6 cm³/mol. The van der Waals surface area contributed by atoms with Crippen molar-refractivity contribution in [2.24, 2.45) is 0 Å². The minimum atomic E-state index is -1.01. The number of aromatic carboxylic acids is 1. The maximum atomic E-state index is 10.7. The molecule has 1 fully saturated rings. The minimum absolute atomic E-state index is 0.0579. The van der Waals surface area contributed by atoms with Crippen LogP contribution in [0.1, 0.15) is 23.3 Å². The van der Waals surface area contributed by atoms with E-state index in [2.05, 4.69) is 4.98 Å². The second-order valence-corrected chi connectivity index (χ2v) is 4.12. The van der Waals surface area contributed by atoms with E-state index < -0.39 is 5.97 Å². The number of carboxylic acid groups (broad SMARTS) is 1. The van der Waals surface area contributed by atoms with Gasteiger partial charge in [-0.1, -0.05) is 0 Å². The van der Waals surface area contributed by atoms with E-state index in [0.29, 0.717) is 16.9 Å². The monoisotopic (exact) mass is 225 g/mol. The molecule has 0 bridgehead atoms. The average molecular weight is 225 g/mol. The van der Waals surface area contributed by atoms with E-state index in [1.807, 2.05) is 6.26 Å². The molecule has 0 atom stereocenters. The second-order valence-electron chi connectivity index (χ2n) is 3.33. The van der Waals surface area contributed by atoms with Gasteiger partial charge >= 0.3 is 5.97 Å². The van der Waals surface area contributed by atoms with Crippen molar-refractivity contribution in [3.63, 3.8) is 0 Å². The molecule has 1 N–H and O–H groups in total. The van der Waals surface area contributed by atoms with Gasteiger partial charge in [-0.25, -0.2) is 9.78 Å². The van der Waals surface area contributed by atoms with Crippen LogP contribution in [0.4, 0.5) is 0 Å². The van der Waals surface area contributed by atoms with Gasteiger partial charge in [0.05, 0.1) is 6.10 Å². The zero-order valence-electron chi connectivity index (χ0n) is 8.27. The number of hydrogen-bond acceptors (Lipinski definition) is 4. The van der Waals surface area contributed by atoms with Gasteiger partial charge in [-0.3, -0.25) is 0 Å². The van der Waals surface area contributed by atoms with Crippen molar-refractivity contribution < 1.29 is 14.6 Å². The highest BCUT2D eigenvalue weighted by molar-refractivity contribution is 7.98. The van der Waals surface area contributed by atoms with Crippen molar-refractivity contribution in [3.8, 4) is 5.75 Å². The molecule has 0 aromatic carbocycles. The Labute approximate surface area is 91.7 Å². The van der Waals surface area contributed by atoms with Gasteiger partial charge in [0, 0.05) is 0 Å². The van der Waals surface area contributed by atoms with Crippen LogP contribution in [0.5, 0.6) is 5.75 Å². The van der Waals surface area contributed by atoms with E-state index >= 15 is 0 Å². The van der Waals surface area contributed by atoms with Gasteiger partial charge in [-0.2, -0.15) is 0 Å². The molecule has 5 heteroatoms. The molecule has 1 heterocycles. The van der Waals surface area contributed by atoms with Gasteiger partial charge in [0.2, 0.25) is 0 Å². The number of thioether (sulfide) groups is 1. The highest BCUT2D eigenvalue weighted by atomic mass is 32.2. The van der Waals surface area contributed by atoms with Crippen LogP contribution in [-0.4, -0.2) is 28.4 Å². The third-order valence-electron chi connectivity index (χ3n) is 2.06. The highest BCUT2D eigenvalue weighted by Crippen LogP contribution is 2.32. The second kappa shape index (κ2) is 4.10. The largest absolute Gasteiger partial charge is 0.488 e. The molecule has 1 aliphatic rings. The average Bonchev–Trinajstić information content (AvgIpc) is 3.02. The molecular formula is C10H11NO3S. The van der Waals surface area contributed by atoms with Crippen molar-refractivity contribution in [1.29, 1.82) is 0 Å². The number of carbonyl (C=O) groups is 1. The lowest BCUT2D eigenvalue weighted by Crippen LogP contribution is -2.04. The first-order chi connectivity index (χ1) is 7.20. The first-order valence-corrected chi connectivity index (χ1v) is 5.88. The topological polar surface area (TPSA) is 59.4 Å². The molecule has 0 amide bonds. The molecule has 15 heavy (non-hydrogen) atoms. The Balaban J connectivity index is 2.25. The molecule has 80 valence electrons. The first kappa shape index (κ1) is 10.3. The number of hydrogen-bond donors (Lipinski definition) is 1. The van der Waals surface area contributed by atoms with Crippen LogP contribution in [0.15, 0.2) is 17.2 Å². The molecule has 0 unspecified atom stereocenters. The summed E-state index contributed by atoms with van der Waals surface area (Å²) in [6.07, 6.45) is 4.31. The van der Waals surface area contributed by atoms with Gasteiger partial charge in [-0.15, -0.1) is 11.8 Å². The number of aromatic nitrogens is 1. The fourth-order valence-corrected chi connectivity index (χ4v) is 1.66. The summed E-state index contributed by atoms with van der Waals surface area (Å²) in [5, 5.41) is 9.42. The Kier molecular flexibility index (Phi) is 2.81. The lowest BCUT2D eigenvalue weighted by molar-refractivity contribution is 0.0689. The Morgan fingerprint density at radius 3 is 2.87 bits per heavy atom. The molecule has 0 aliphatic heterocycles. The van der Waals surface area contributed by atoms with E-state index in [9.17, 15) is 4.79 Å². The van der Waals surface area contributed by atoms with E-state index in [1.165, 1.54) is 17.8 Å². The summed E-state index contributed by atoms with van der Waals surface area (Å²) in [6, 6.07) is 3.15. The van der Waals surface area contributed by atoms with Crippen molar-refractivity contribution in [2.45, 2.75) is 24.0 Å². The SMILES string of the molecule is CSc1nc(C(=O)O)ccc1OC1CC1. The summed E-state index contributed by atoms with van der Waals surface area (Å²) in [7, 11) is 0. The zero-order valence-corrected chi connectivity index (χ0v) is 9.08. The van der Waals surface area contributed by atoms with Crippen LogP contribution >= 0.6 is 11.8 Å². The number of rotatable bonds is 4. The van der Waals surface area contributed by atoms with Crippen molar-refractivity contribution in [1.82, 2.24) is 4.98 Å².